The van der Waals surface area contributed by atoms with E-state index in [2.05, 4.69) is 34.2 Å². The summed E-state index contributed by atoms with van der Waals surface area (Å²) >= 11 is 0. The second kappa shape index (κ2) is 12.1. The van der Waals surface area contributed by atoms with Gasteiger partial charge in [0.2, 0.25) is 5.91 Å². The molecule has 0 saturated heterocycles. The summed E-state index contributed by atoms with van der Waals surface area (Å²) in [5.41, 5.74) is 5.29. The number of nitrogens with one attached hydrogen (secondary N) is 3. The fourth-order valence-electron chi connectivity index (χ4n) is 3.24. The Morgan fingerprint density at radius 2 is 1.79 bits per heavy atom. The Hall–Kier alpha value is -4.33. The van der Waals surface area contributed by atoms with Gasteiger partial charge in [0.05, 0.1) is 12.3 Å². The number of anilines is 3. The Bertz CT molecular complexity index is 1160. The molecule has 0 aromatic heterocycles. The Balaban J connectivity index is 1.78. The summed E-state index contributed by atoms with van der Waals surface area (Å²) in [5.74, 6) is -0.292. The third kappa shape index (κ3) is 6.83. The highest BCUT2D eigenvalue weighted by atomic mass is 19.3. The summed E-state index contributed by atoms with van der Waals surface area (Å²) in [7, 11) is 0. The average molecular weight is 462 g/mol. The number of benzene rings is 2. The minimum atomic E-state index is -2.41. The smallest absolute Gasteiger partial charge is 0.255 e. The minimum Gasteiger partial charge on any atom is -0.379 e. The van der Waals surface area contributed by atoms with Gasteiger partial charge in [-0.25, -0.2) is 8.78 Å². The molecule has 1 aliphatic rings. The van der Waals surface area contributed by atoms with E-state index < -0.39 is 13.0 Å². The minimum absolute atomic E-state index is 0.270. The van der Waals surface area contributed by atoms with Gasteiger partial charge in [0.15, 0.2) is 0 Å². The van der Waals surface area contributed by atoms with Crippen molar-refractivity contribution in [2.24, 2.45) is 9.98 Å². The van der Waals surface area contributed by atoms with E-state index in [1.165, 1.54) is 6.08 Å². The van der Waals surface area contributed by atoms with Crippen molar-refractivity contribution in [2.75, 3.05) is 29.2 Å². The lowest BCUT2D eigenvalue weighted by molar-refractivity contribution is -0.111. The number of nitrogens with zero attached hydrogens (tertiary/aromatic N) is 2. The molecule has 2 aromatic rings. The first-order valence-corrected chi connectivity index (χ1v) is 10.5. The Morgan fingerprint density at radius 1 is 1.06 bits per heavy atom. The molecule has 174 valence electrons. The molecule has 0 aliphatic heterocycles. The number of halogens is 2. The van der Waals surface area contributed by atoms with Crippen LogP contribution in [0.15, 0.2) is 101 Å². The van der Waals surface area contributed by atoms with Crippen molar-refractivity contribution in [1.29, 1.82) is 0 Å². The van der Waals surface area contributed by atoms with Gasteiger partial charge in [-0.1, -0.05) is 36.9 Å². The molecule has 0 unspecified atom stereocenters. The quantitative estimate of drug-likeness (QED) is 0.321. The van der Waals surface area contributed by atoms with Gasteiger partial charge in [-0.2, -0.15) is 0 Å². The van der Waals surface area contributed by atoms with E-state index in [1.807, 2.05) is 36.4 Å². The highest BCUT2D eigenvalue weighted by molar-refractivity contribution is 6.34. The third-order valence-electron chi connectivity index (χ3n) is 4.79. The van der Waals surface area contributed by atoms with Crippen molar-refractivity contribution in [1.82, 2.24) is 0 Å². The average Bonchev–Trinajstić information content (AvgIpc) is 2.84. The van der Waals surface area contributed by atoms with Gasteiger partial charge in [-0.3, -0.25) is 14.8 Å². The monoisotopic (exact) mass is 461 g/mol. The fraction of sp³-hybridized carbons (Fsp3) is 0.115. The predicted octanol–water partition coefficient (Wildman–Crippen LogP) is 5.54. The first kappa shape index (κ1) is 24.3. The number of aliphatic imine (C=N–C) groups is 2. The molecule has 1 amide bonds. The van der Waals surface area contributed by atoms with Crippen LogP contribution in [0.25, 0.3) is 5.57 Å². The van der Waals surface area contributed by atoms with Crippen molar-refractivity contribution >= 4 is 41.0 Å². The molecule has 0 fully saturated rings. The van der Waals surface area contributed by atoms with E-state index in [0.29, 0.717) is 17.1 Å². The molecule has 1 aliphatic carbocycles. The number of hydrogen-bond acceptors (Lipinski definition) is 5. The summed E-state index contributed by atoms with van der Waals surface area (Å²) < 4.78 is 24.7. The van der Waals surface area contributed by atoms with E-state index in [1.54, 1.807) is 36.5 Å². The number of carbonyl (C=O) groups is 1. The summed E-state index contributed by atoms with van der Waals surface area (Å²) in [4.78, 5) is 20.3. The zero-order valence-corrected chi connectivity index (χ0v) is 18.5. The summed E-state index contributed by atoms with van der Waals surface area (Å²) in [6, 6.07) is 14.5. The highest BCUT2D eigenvalue weighted by Crippen LogP contribution is 2.27. The number of hydrogen-bond donors (Lipinski definition) is 3. The molecule has 0 spiro atoms. The van der Waals surface area contributed by atoms with Crippen molar-refractivity contribution in [3.8, 4) is 0 Å². The zero-order chi connectivity index (χ0) is 24.3. The van der Waals surface area contributed by atoms with Crippen LogP contribution in [0, 0.1) is 0 Å². The SMILES string of the molecule is C=CC(=O)Nc1cccc(C2=CC=C/C(=C/N=C)C2=NCNc2ccc(NCC(F)F)cc2)c1. The number of amides is 1. The van der Waals surface area contributed by atoms with Crippen LogP contribution in [0.3, 0.4) is 0 Å². The molecular weight excluding hydrogens is 436 g/mol. The molecule has 3 N–H and O–H groups in total. The van der Waals surface area contributed by atoms with E-state index in [4.69, 9.17) is 4.99 Å². The van der Waals surface area contributed by atoms with Crippen LogP contribution < -0.4 is 16.0 Å². The number of rotatable bonds is 10. The van der Waals surface area contributed by atoms with Gasteiger partial charge in [-0.05, 0) is 54.8 Å². The van der Waals surface area contributed by atoms with Crippen LogP contribution in [0.5, 0.6) is 0 Å². The Labute approximate surface area is 197 Å². The lowest BCUT2D eigenvalue weighted by atomic mass is 9.92. The van der Waals surface area contributed by atoms with Crippen LogP contribution >= 0.6 is 0 Å². The molecule has 6 nitrogen and oxygen atoms in total. The topological polar surface area (TPSA) is 77.9 Å². The molecule has 2 aromatic carbocycles. The normalized spacial score (nSPS) is 15.2. The predicted molar refractivity (Wildman–Crippen MR) is 137 cm³/mol. The molecule has 3 rings (SSSR count). The van der Waals surface area contributed by atoms with Crippen molar-refractivity contribution in [2.45, 2.75) is 6.43 Å². The van der Waals surface area contributed by atoms with Gasteiger partial charge >= 0.3 is 0 Å². The molecule has 0 atom stereocenters. The summed E-state index contributed by atoms with van der Waals surface area (Å²) in [6.07, 6.45) is 6.17. The maximum Gasteiger partial charge on any atom is 0.255 e. The first-order chi connectivity index (χ1) is 16.5. The molecular formula is C26H25F2N5O. The van der Waals surface area contributed by atoms with Gasteiger partial charge in [0.1, 0.15) is 6.67 Å². The molecule has 8 heteroatoms. The van der Waals surface area contributed by atoms with E-state index in [0.717, 1.165) is 22.4 Å². The van der Waals surface area contributed by atoms with Gasteiger partial charge < -0.3 is 16.0 Å². The molecule has 0 radical (unpaired) electrons. The number of carbonyl (C=O) groups excluding carboxylic acids is 1. The van der Waals surface area contributed by atoms with Gasteiger partial charge in [0.25, 0.3) is 6.43 Å². The van der Waals surface area contributed by atoms with Crippen molar-refractivity contribution in [3.05, 3.63) is 96.8 Å². The van der Waals surface area contributed by atoms with Crippen LogP contribution in [0.2, 0.25) is 0 Å². The number of allylic oxidation sites excluding steroid dienone is 5. The second-order valence-corrected chi connectivity index (χ2v) is 7.17. The lowest BCUT2D eigenvalue weighted by Crippen LogP contribution is -2.12. The highest BCUT2D eigenvalue weighted by Gasteiger charge is 2.16. The fourth-order valence-corrected chi connectivity index (χ4v) is 3.24. The van der Waals surface area contributed by atoms with Crippen molar-refractivity contribution in [3.63, 3.8) is 0 Å². The van der Waals surface area contributed by atoms with Crippen LogP contribution in [0.4, 0.5) is 25.8 Å². The zero-order valence-electron chi connectivity index (χ0n) is 18.5. The van der Waals surface area contributed by atoms with Gasteiger partial charge in [-0.15, -0.1) is 0 Å². The molecule has 0 saturated carbocycles. The largest absolute Gasteiger partial charge is 0.379 e. The molecule has 34 heavy (non-hydrogen) atoms. The summed E-state index contributed by atoms with van der Waals surface area (Å²) in [6.45, 7) is 6.89. The number of alkyl halides is 2. The molecule has 0 bridgehead atoms. The van der Waals surface area contributed by atoms with E-state index in [9.17, 15) is 13.6 Å². The lowest BCUT2D eigenvalue weighted by Gasteiger charge is -2.17. The third-order valence-corrected chi connectivity index (χ3v) is 4.79. The van der Waals surface area contributed by atoms with Crippen LogP contribution in [-0.4, -0.2) is 38.0 Å². The standard InChI is InChI=1S/C26H25F2N5O/c1-3-25(34)33-22-8-4-6-18(14-22)23-9-5-7-19(15-29-2)26(23)32-17-31-21-12-10-20(11-13-21)30-16-24(27)28/h3-15,24,30-31H,1-2,16-17H2,(H,33,34)/b19-15-,32-26?. The van der Waals surface area contributed by atoms with Crippen LogP contribution in [-0.2, 0) is 4.79 Å². The second-order valence-electron chi connectivity index (χ2n) is 7.17. The first-order valence-electron chi connectivity index (χ1n) is 10.5. The molecule has 0 heterocycles. The van der Waals surface area contributed by atoms with Crippen LogP contribution in [0.1, 0.15) is 5.56 Å². The van der Waals surface area contributed by atoms with E-state index >= 15 is 0 Å². The maximum atomic E-state index is 12.3. The maximum absolute atomic E-state index is 12.3. The Kier molecular flexibility index (Phi) is 8.62. The summed E-state index contributed by atoms with van der Waals surface area (Å²) in [5, 5.41) is 8.64. The van der Waals surface area contributed by atoms with Gasteiger partial charge in [0, 0.05) is 34.4 Å². The van der Waals surface area contributed by atoms with E-state index in [-0.39, 0.29) is 12.6 Å². The van der Waals surface area contributed by atoms with Crippen molar-refractivity contribution < 1.29 is 13.6 Å². The Morgan fingerprint density at radius 3 is 2.47 bits per heavy atom.